The smallest absolute Gasteiger partial charge is 0.126 e. The van der Waals surface area contributed by atoms with Crippen molar-refractivity contribution in [2.45, 2.75) is 33.7 Å². The van der Waals surface area contributed by atoms with Crippen LogP contribution in [0.2, 0.25) is 0 Å². The zero-order valence-electron chi connectivity index (χ0n) is 14.0. The molecule has 1 aromatic rings. The molecule has 0 amide bonds. The van der Waals surface area contributed by atoms with Crippen LogP contribution < -0.4 is 10.1 Å². The van der Waals surface area contributed by atoms with Gasteiger partial charge >= 0.3 is 0 Å². The second-order valence-corrected chi connectivity index (χ2v) is 7.16. The van der Waals surface area contributed by atoms with Gasteiger partial charge in [0.05, 0.1) is 6.61 Å². The van der Waals surface area contributed by atoms with Crippen molar-refractivity contribution >= 4 is 15.9 Å². The number of halogens is 1. The van der Waals surface area contributed by atoms with Gasteiger partial charge in [-0.3, -0.25) is 0 Å². The lowest BCUT2D eigenvalue weighted by Gasteiger charge is -2.17. The van der Waals surface area contributed by atoms with Crippen molar-refractivity contribution in [1.29, 1.82) is 0 Å². The third-order valence-corrected chi connectivity index (χ3v) is 3.64. The molecule has 1 N–H and O–H groups in total. The van der Waals surface area contributed by atoms with Gasteiger partial charge in [0.15, 0.2) is 0 Å². The summed E-state index contributed by atoms with van der Waals surface area (Å²) in [5.41, 5.74) is 2.42. The molecule has 3 nitrogen and oxygen atoms in total. The maximum Gasteiger partial charge on any atom is 0.126 e. The molecule has 0 saturated heterocycles. The SMILES string of the molecule is Cc1cc(Br)cc(CNCC(C)C)c1OCCCN(C)C. The number of hydrogen-bond acceptors (Lipinski definition) is 3. The molecule has 0 bridgehead atoms. The predicted molar refractivity (Wildman–Crippen MR) is 94.1 cm³/mol. The van der Waals surface area contributed by atoms with Crippen molar-refractivity contribution in [3.63, 3.8) is 0 Å². The quantitative estimate of drug-likeness (QED) is 0.680. The van der Waals surface area contributed by atoms with Gasteiger partial charge in [0, 0.05) is 23.1 Å². The first-order valence-electron chi connectivity index (χ1n) is 7.67. The molecule has 0 atom stereocenters. The van der Waals surface area contributed by atoms with Crippen molar-refractivity contribution < 1.29 is 4.74 Å². The van der Waals surface area contributed by atoms with E-state index in [0.29, 0.717) is 5.92 Å². The molecule has 0 fully saturated rings. The van der Waals surface area contributed by atoms with Crippen LogP contribution in [-0.4, -0.2) is 38.7 Å². The summed E-state index contributed by atoms with van der Waals surface area (Å²) in [7, 11) is 4.18. The maximum atomic E-state index is 6.04. The molecule has 0 aliphatic rings. The maximum absolute atomic E-state index is 6.04. The molecule has 0 radical (unpaired) electrons. The van der Waals surface area contributed by atoms with Crippen LogP contribution in [0.15, 0.2) is 16.6 Å². The minimum atomic E-state index is 0.655. The highest BCUT2D eigenvalue weighted by atomic mass is 79.9. The second kappa shape index (κ2) is 9.44. The molecule has 0 aliphatic heterocycles. The molecule has 4 heteroatoms. The fourth-order valence-corrected chi connectivity index (χ4v) is 2.81. The average Bonchev–Trinajstić information content (AvgIpc) is 2.35. The number of nitrogens with one attached hydrogen (secondary N) is 1. The van der Waals surface area contributed by atoms with Crippen LogP contribution >= 0.6 is 15.9 Å². The number of hydrogen-bond donors (Lipinski definition) is 1. The van der Waals surface area contributed by atoms with E-state index in [2.05, 4.69) is 73.1 Å². The Morgan fingerprint density at radius 3 is 2.62 bits per heavy atom. The summed E-state index contributed by atoms with van der Waals surface area (Å²) in [6.45, 7) is 10.2. The Hall–Kier alpha value is -0.580. The zero-order valence-corrected chi connectivity index (χ0v) is 15.6. The highest BCUT2D eigenvalue weighted by molar-refractivity contribution is 9.10. The molecule has 0 unspecified atom stereocenters. The highest BCUT2D eigenvalue weighted by Gasteiger charge is 2.09. The Morgan fingerprint density at radius 2 is 2.00 bits per heavy atom. The van der Waals surface area contributed by atoms with Gasteiger partial charge in [-0.1, -0.05) is 29.8 Å². The van der Waals surface area contributed by atoms with E-state index in [4.69, 9.17) is 4.74 Å². The fraction of sp³-hybridized carbons (Fsp3) is 0.647. The number of ether oxygens (including phenoxy) is 1. The summed E-state index contributed by atoms with van der Waals surface area (Å²) < 4.78 is 7.16. The largest absolute Gasteiger partial charge is 0.493 e. The molecule has 0 heterocycles. The van der Waals surface area contributed by atoms with Crippen molar-refractivity contribution in [1.82, 2.24) is 10.2 Å². The fourth-order valence-electron chi connectivity index (χ4n) is 2.19. The standard InChI is InChI=1S/C17H29BrN2O/c1-13(2)11-19-12-15-10-16(18)9-14(3)17(15)21-8-6-7-20(4)5/h9-10,13,19H,6-8,11-12H2,1-5H3. The van der Waals surface area contributed by atoms with E-state index in [9.17, 15) is 0 Å². The molecular formula is C17H29BrN2O. The van der Waals surface area contributed by atoms with Gasteiger partial charge in [0.25, 0.3) is 0 Å². The molecular weight excluding hydrogens is 328 g/mol. The first kappa shape index (κ1) is 18.5. The third-order valence-electron chi connectivity index (χ3n) is 3.18. The summed E-state index contributed by atoms with van der Waals surface area (Å²) in [6, 6.07) is 4.27. The lowest BCUT2D eigenvalue weighted by molar-refractivity contribution is 0.277. The molecule has 1 rings (SSSR count). The van der Waals surface area contributed by atoms with Crippen LogP contribution in [-0.2, 0) is 6.54 Å². The minimum absolute atomic E-state index is 0.655. The Labute approximate surface area is 138 Å². The van der Waals surface area contributed by atoms with Gasteiger partial charge in [0.2, 0.25) is 0 Å². The van der Waals surface area contributed by atoms with E-state index in [1.807, 2.05) is 0 Å². The van der Waals surface area contributed by atoms with E-state index in [1.165, 1.54) is 11.1 Å². The number of rotatable bonds is 9. The predicted octanol–water partition coefficient (Wildman–Crippen LogP) is 3.83. The highest BCUT2D eigenvalue weighted by Crippen LogP contribution is 2.28. The van der Waals surface area contributed by atoms with Gasteiger partial charge in [-0.2, -0.15) is 0 Å². The topological polar surface area (TPSA) is 24.5 Å². The van der Waals surface area contributed by atoms with E-state index in [-0.39, 0.29) is 0 Å². The van der Waals surface area contributed by atoms with Crippen LogP contribution in [0.4, 0.5) is 0 Å². The van der Waals surface area contributed by atoms with E-state index in [1.54, 1.807) is 0 Å². The van der Waals surface area contributed by atoms with E-state index in [0.717, 1.165) is 42.9 Å². The molecule has 120 valence electrons. The lowest BCUT2D eigenvalue weighted by atomic mass is 10.1. The van der Waals surface area contributed by atoms with E-state index < -0.39 is 0 Å². The summed E-state index contributed by atoms with van der Waals surface area (Å²) in [4.78, 5) is 2.18. The lowest BCUT2D eigenvalue weighted by Crippen LogP contribution is -2.20. The van der Waals surface area contributed by atoms with Crippen LogP contribution in [0, 0.1) is 12.8 Å². The summed E-state index contributed by atoms with van der Waals surface area (Å²) in [5.74, 6) is 1.69. The normalized spacial score (nSPS) is 11.4. The third kappa shape index (κ3) is 7.30. The van der Waals surface area contributed by atoms with Gasteiger partial charge < -0.3 is 15.0 Å². The zero-order chi connectivity index (χ0) is 15.8. The van der Waals surface area contributed by atoms with Gasteiger partial charge in [-0.25, -0.2) is 0 Å². The van der Waals surface area contributed by atoms with Gasteiger partial charge in [-0.15, -0.1) is 0 Å². The Bertz CT molecular complexity index is 433. The van der Waals surface area contributed by atoms with Gasteiger partial charge in [0.1, 0.15) is 5.75 Å². The Kier molecular flexibility index (Phi) is 8.30. The average molecular weight is 357 g/mol. The number of benzene rings is 1. The number of aryl methyl sites for hydroxylation is 1. The van der Waals surface area contributed by atoms with Gasteiger partial charge in [-0.05, 0) is 57.6 Å². The molecule has 21 heavy (non-hydrogen) atoms. The molecule has 0 aliphatic carbocycles. The van der Waals surface area contributed by atoms with Crippen LogP contribution in [0.5, 0.6) is 5.75 Å². The molecule has 0 aromatic heterocycles. The molecule has 0 spiro atoms. The van der Waals surface area contributed by atoms with E-state index >= 15 is 0 Å². The second-order valence-electron chi connectivity index (χ2n) is 6.24. The Balaban J connectivity index is 2.66. The van der Waals surface area contributed by atoms with Crippen LogP contribution in [0.1, 0.15) is 31.4 Å². The molecule has 0 saturated carbocycles. The van der Waals surface area contributed by atoms with Crippen LogP contribution in [0.3, 0.4) is 0 Å². The van der Waals surface area contributed by atoms with Crippen molar-refractivity contribution in [2.75, 3.05) is 33.8 Å². The molecule has 1 aromatic carbocycles. The number of nitrogens with zero attached hydrogens (tertiary/aromatic N) is 1. The first-order chi connectivity index (χ1) is 9.90. The summed E-state index contributed by atoms with van der Waals surface area (Å²) in [6.07, 6.45) is 1.04. The summed E-state index contributed by atoms with van der Waals surface area (Å²) in [5, 5.41) is 3.50. The van der Waals surface area contributed by atoms with Crippen molar-refractivity contribution in [3.05, 3.63) is 27.7 Å². The summed E-state index contributed by atoms with van der Waals surface area (Å²) >= 11 is 3.58. The Morgan fingerprint density at radius 1 is 1.29 bits per heavy atom. The van der Waals surface area contributed by atoms with Crippen molar-refractivity contribution in [2.24, 2.45) is 5.92 Å². The monoisotopic (exact) mass is 356 g/mol. The van der Waals surface area contributed by atoms with Crippen LogP contribution in [0.25, 0.3) is 0 Å². The minimum Gasteiger partial charge on any atom is -0.493 e. The van der Waals surface area contributed by atoms with Crippen molar-refractivity contribution in [3.8, 4) is 5.75 Å². The first-order valence-corrected chi connectivity index (χ1v) is 8.46.